The zero-order valence-corrected chi connectivity index (χ0v) is 11.1. The van der Waals surface area contributed by atoms with Crippen molar-refractivity contribution in [1.29, 1.82) is 0 Å². The number of hydrogen-bond donors (Lipinski definition) is 4. The lowest BCUT2D eigenvalue weighted by molar-refractivity contribution is -0.117. The number of hydrogen-bond acceptors (Lipinski definition) is 5. The predicted molar refractivity (Wildman–Crippen MR) is 73.8 cm³/mol. The average molecular weight is 290 g/mol. The number of benzene rings is 1. The summed E-state index contributed by atoms with van der Waals surface area (Å²) < 4.78 is 1.52. The number of nitrogens with zero attached hydrogens (tertiary/aromatic N) is 2. The van der Waals surface area contributed by atoms with Crippen molar-refractivity contribution < 1.29 is 19.8 Å². The van der Waals surface area contributed by atoms with Gasteiger partial charge in [-0.05, 0) is 12.1 Å². The van der Waals surface area contributed by atoms with Crippen LogP contribution >= 0.6 is 0 Å². The maximum Gasteiger partial charge on any atom is 0.339 e. The van der Waals surface area contributed by atoms with Gasteiger partial charge in [0.1, 0.15) is 17.4 Å². The molecule has 1 unspecified atom stereocenters. The molecule has 0 saturated heterocycles. The van der Waals surface area contributed by atoms with E-state index in [2.05, 4.69) is 10.4 Å². The quantitative estimate of drug-likeness (QED) is 0.647. The number of rotatable bonds is 4. The molecule has 1 aromatic heterocycles. The van der Waals surface area contributed by atoms with Gasteiger partial charge in [-0.15, -0.1) is 0 Å². The zero-order valence-electron chi connectivity index (χ0n) is 11.1. The van der Waals surface area contributed by atoms with Crippen LogP contribution in [-0.2, 0) is 11.8 Å². The fourth-order valence-electron chi connectivity index (χ4n) is 1.76. The molecule has 0 fully saturated rings. The number of carboxylic acids is 1. The Bertz CT molecular complexity index is 695. The SMILES string of the molecule is Cn1cc(C(N)C(=O)Nc2ccc(C(=O)O)c(O)c2)cn1. The standard InChI is InChI=1S/C13H14N4O4/c1-17-6-7(5-15-17)11(14)12(19)16-8-2-3-9(13(20)21)10(18)4-8/h2-6,11,18H,14H2,1H3,(H,16,19)(H,20,21). The van der Waals surface area contributed by atoms with Crippen LogP contribution in [0.25, 0.3) is 0 Å². The molecule has 0 spiro atoms. The van der Waals surface area contributed by atoms with Crippen LogP contribution in [0.5, 0.6) is 5.75 Å². The number of aryl methyl sites for hydroxylation is 1. The minimum Gasteiger partial charge on any atom is -0.507 e. The second-order valence-electron chi connectivity index (χ2n) is 4.45. The summed E-state index contributed by atoms with van der Waals surface area (Å²) in [7, 11) is 1.71. The molecule has 0 aliphatic carbocycles. The van der Waals surface area contributed by atoms with E-state index in [1.165, 1.54) is 23.0 Å². The second-order valence-corrected chi connectivity index (χ2v) is 4.45. The first-order valence-corrected chi connectivity index (χ1v) is 6.00. The highest BCUT2D eigenvalue weighted by Crippen LogP contribution is 2.22. The minimum atomic E-state index is -1.25. The summed E-state index contributed by atoms with van der Waals surface area (Å²) in [6, 6.07) is 2.80. The summed E-state index contributed by atoms with van der Waals surface area (Å²) in [5.41, 5.74) is 6.34. The van der Waals surface area contributed by atoms with Crippen molar-refractivity contribution in [3.8, 4) is 5.75 Å². The van der Waals surface area contributed by atoms with Crippen molar-refractivity contribution in [2.75, 3.05) is 5.32 Å². The van der Waals surface area contributed by atoms with Crippen molar-refractivity contribution in [2.45, 2.75) is 6.04 Å². The molecular formula is C13H14N4O4. The Morgan fingerprint density at radius 2 is 2.14 bits per heavy atom. The van der Waals surface area contributed by atoms with E-state index in [1.807, 2.05) is 0 Å². The first-order valence-electron chi connectivity index (χ1n) is 6.00. The van der Waals surface area contributed by atoms with Crippen LogP contribution in [0, 0.1) is 0 Å². The number of nitrogens with two attached hydrogens (primary N) is 1. The van der Waals surface area contributed by atoms with Gasteiger partial charge in [0.2, 0.25) is 5.91 Å². The number of nitrogens with one attached hydrogen (secondary N) is 1. The average Bonchev–Trinajstić information content (AvgIpc) is 2.84. The lowest BCUT2D eigenvalue weighted by Crippen LogP contribution is -2.27. The molecule has 0 aliphatic rings. The Kier molecular flexibility index (Phi) is 3.90. The van der Waals surface area contributed by atoms with Crippen LogP contribution in [0.2, 0.25) is 0 Å². The topological polar surface area (TPSA) is 130 Å². The number of anilines is 1. The molecule has 1 aromatic carbocycles. The molecule has 0 radical (unpaired) electrons. The molecule has 2 aromatic rings. The molecular weight excluding hydrogens is 276 g/mol. The molecule has 110 valence electrons. The number of aromatic nitrogens is 2. The van der Waals surface area contributed by atoms with E-state index in [9.17, 15) is 14.7 Å². The molecule has 8 nitrogen and oxygen atoms in total. The van der Waals surface area contributed by atoms with Gasteiger partial charge >= 0.3 is 5.97 Å². The lowest BCUT2D eigenvalue weighted by atomic mass is 10.1. The maximum atomic E-state index is 12.0. The van der Waals surface area contributed by atoms with Crippen LogP contribution in [-0.4, -0.2) is 31.9 Å². The third kappa shape index (κ3) is 3.18. The summed E-state index contributed by atoms with van der Waals surface area (Å²) in [4.78, 5) is 22.8. The van der Waals surface area contributed by atoms with Gasteiger partial charge in [-0.2, -0.15) is 5.10 Å². The Hall–Kier alpha value is -2.87. The fraction of sp³-hybridized carbons (Fsp3) is 0.154. The summed E-state index contributed by atoms with van der Waals surface area (Å²) in [6.07, 6.45) is 3.10. The van der Waals surface area contributed by atoms with Crippen molar-refractivity contribution in [2.24, 2.45) is 12.8 Å². The number of aromatic carboxylic acids is 1. The molecule has 0 aliphatic heterocycles. The van der Waals surface area contributed by atoms with Gasteiger partial charge in [0.25, 0.3) is 0 Å². The number of aromatic hydroxyl groups is 1. The minimum absolute atomic E-state index is 0.246. The summed E-state index contributed by atoms with van der Waals surface area (Å²) >= 11 is 0. The first-order chi connectivity index (χ1) is 9.88. The highest BCUT2D eigenvalue weighted by Gasteiger charge is 2.18. The summed E-state index contributed by atoms with van der Waals surface area (Å²) in [5, 5.41) is 24.8. The number of carbonyl (C=O) groups excluding carboxylic acids is 1. The van der Waals surface area contributed by atoms with Crippen molar-refractivity contribution >= 4 is 17.6 Å². The van der Waals surface area contributed by atoms with E-state index in [4.69, 9.17) is 10.8 Å². The van der Waals surface area contributed by atoms with Crippen LogP contribution in [0.3, 0.4) is 0 Å². The third-order valence-corrected chi connectivity index (χ3v) is 2.86. The normalized spacial score (nSPS) is 11.9. The molecule has 0 saturated carbocycles. The summed E-state index contributed by atoms with van der Waals surface area (Å²) in [6.45, 7) is 0. The highest BCUT2D eigenvalue weighted by atomic mass is 16.4. The van der Waals surface area contributed by atoms with Gasteiger partial charge in [0.15, 0.2) is 0 Å². The fourth-order valence-corrected chi connectivity index (χ4v) is 1.76. The van der Waals surface area contributed by atoms with Crippen molar-refractivity contribution in [3.05, 3.63) is 41.7 Å². The Balaban J connectivity index is 2.12. The Morgan fingerprint density at radius 3 is 2.67 bits per heavy atom. The lowest BCUT2D eigenvalue weighted by Gasteiger charge is -2.11. The third-order valence-electron chi connectivity index (χ3n) is 2.86. The van der Waals surface area contributed by atoms with E-state index < -0.39 is 23.7 Å². The summed E-state index contributed by atoms with van der Waals surface area (Å²) in [5.74, 6) is -2.18. The predicted octanol–water partition coefficient (Wildman–Crippen LogP) is 0.462. The second kappa shape index (κ2) is 5.63. The Labute approximate surface area is 119 Å². The van der Waals surface area contributed by atoms with E-state index in [0.29, 0.717) is 5.56 Å². The van der Waals surface area contributed by atoms with E-state index in [1.54, 1.807) is 13.2 Å². The van der Waals surface area contributed by atoms with Crippen molar-refractivity contribution in [3.63, 3.8) is 0 Å². The van der Waals surface area contributed by atoms with Crippen LogP contribution < -0.4 is 11.1 Å². The molecule has 21 heavy (non-hydrogen) atoms. The van der Waals surface area contributed by atoms with Gasteiger partial charge in [-0.1, -0.05) is 0 Å². The van der Waals surface area contributed by atoms with E-state index in [0.717, 1.165) is 6.07 Å². The van der Waals surface area contributed by atoms with Crippen LogP contribution in [0.1, 0.15) is 22.0 Å². The molecule has 5 N–H and O–H groups in total. The van der Waals surface area contributed by atoms with Crippen LogP contribution in [0.4, 0.5) is 5.69 Å². The molecule has 1 atom stereocenters. The van der Waals surface area contributed by atoms with Gasteiger partial charge in [-0.25, -0.2) is 4.79 Å². The number of amides is 1. The number of carboxylic acid groups (broad SMARTS) is 1. The largest absolute Gasteiger partial charge is 0.507 e. The van der Waals surface area contributed by atoms with Gasteiger partial charge in [0.05, 0.1) is 6.20 Å². The maximum absolute atomic E-state index is 12.0. The smallest absolute Gasteiger partial charge is 0.339 e. The number of phenols is 1. The first kappa shape index (κ1) is 14.5. The molecule has 2 rings (SSSR count). The Morgan fingerprint density at radius 1 is 1.43 bits per heavy atom. The zero-order chi connectivity index (χ0) is 15.6. The monoisotopic (exact) mass is 290 g/mol. The molecule has 1 heterocycles. The molecule has 0 bridgehead atoms. The van der Waals surface area contributed by atoms with Gasteiger partial charge in [-0.3, -0.25) is 9.48 Å². The van der Waals surface area contributed by atoms with Crippen molar-refractivity contribution in [1.82, 2.24) is 9.78 Å². The molecule has 1 amide bonds. The molecule has 8 heteroatoms. The highest BCUT2D eigenvalue weighted by molar-refractivity contribution is 5.97. The number of carbonyl (C=O) groups is 2. The van der Waals surface area contributed by atoms with Gasteiger partial charge in [0, 0.05) is 30.6 Å². The van der Waals surface area contributed by atoms with Crippen LogP contribution in [0.15, 0.2) is 30.6 Å². The van der Waals surface area contributed by atoms with Gasteiger partial charge < -0.3 is 21.3 Å². The van der Waals surface area contributed by atoms with E-state index in [-0.39, 0.29) is 11.3 Å². The van der Waals surface area contributed by atoms with E-state index >= 15 is 0 Å².